The normalized spacial score (nSPS) is 17.9. The maximum Gasteiger partial charge on any atom is 1.00 e. The molecule has 2 N–H and O–H groups in total. The van der Waals surface area contributed by atoms with Crippen LogP contribution in [-0.2, 0) is 27.7 Å². The summed E-state index contributed by atoms with van der Waals surface area (Å²) in [5, 5.41) is 28.3. The van der Waals surface area contributed by atoms with Crippen LogP contribution in [0.5, 0.6) is 0 Å². The van der Waals surface area contributed by atoms with E-state index in [0.29, 0.717) is 44.2 Å². The topological polar surface area (TPSA) is 179 Å². The number of carboxylic acid groups (broad SMARTS) is 2. The van der Waals surface area contributed by atoms with Gasteiger partial charge in [-0.2, -0.15) is 4.31 Å². The monoisotopic (exact) mass is 868 g/mol. The van der Waals surface area contributed by atoms with Gasteiger partial charge in [0.2, 0.25) is 10.0 Å². The summed E-state index contributed by atoms with van der Waals surface area (Å²) in [6.45, 7) is 1.71. The van der Waals surface area contributed by atoms with Crippen molar-refractivity contribution in [2.45, 2.75) is 87.6 Å². The van der Waals surface area contributed by atoms with Crippen LogP contribution in [0.3, 0.4) is 0 Å². The first-order chi connectivity index (χ1) is 27.5. The van der Waals surface area contributed by atoms with E-state index in [1.165, 1.54) is 40.7 Å². The fraction of sp³-hybridized carbons (Fsp3) is 0.364. The Morgan fingerprint density at radius 2 is 1.25 bits per heavy atom. The zero-order valence-electron chi connectivity index (χ0n) is 33.7. The fourth-order valence-corrected chi connectivity index (χ4v) is 9.90. The van der Waals surface area contributed by atoms with Crippen molar-refractivity contribution < 1.29 is 141 Å². The van der Waals surface area contributed by atoms with Crippen molar-refractivity contribution in [3.05, 3.63) is 119 Å². The van der Waals surface area contributed by atoms with Crippen LogP contribution < -0.4 is 129 Å². The van der Waals surface area contributed by atoms with Crippen LogP contribution in [0, 0.1) is 5.92 Å². The van der Waals surface area contributed by atoms with E-state index in [-0.39, 0.29) is 142 Å². The second kappa shape index (κ2) is 21.7. The molecule has 298 valence electrons. The third-order valence-electron chi connectivity index (χ3n) is 11.3. The minimum atomic E-state index is -4.00. The molecule has 2 aliphatic carbocycles. The predicted molar refractivity (Wildman–Crippen MR) is 212 cm³/mol. The van der Waals surface area contributed by atoms with Crippen LogP contribution in [0.25, 0.3) is 0 Å². The number of piperidine rings is 1. The molecule has 0 spiro atoms. The van der Waals surface area contributed by atoms with Crippen LogP contribution in [0.15, 0.2) is 95.9 Å². The minimum absolute atomic E-state index is 0. The van der Waals surface area contributed by atoms with E-state index >= 15 is 0 Å². The van der Waals surface area contributed by atoms with Crippen molar-refractivity contribution in [2.75, 3.05) is 28.6 Å². The summed E-state index contributed by atoms with van der Waals surface area (Å²) in [6, 6.07) is 24.8. The molecule has 0 bridgehead atoms. The maximum absolute atomic E-state index is 14.1. The molecule has 1 saturated heterocycles. The molecule has 0 radical (unpaired) electrons. The number of rotatable bonds is 14. The molecule has 1 aliphatic heterocycles. The van der Waals surface area contributed by atoms with Gasteiger partial charge in [-0.25, -0.2) is 8.42 Å². The van der Waals surface area contributed by atoms with Crippen LogP contribution in [-0.4, -0.2) is 61.6 Å². The number of hydrogen-bond acceptors (Lipinski definition) is 9. The number of aromatic carboxylic acids is 1. The van der Waals surface area contributed by atoms with Crippen molar-refractivity contribution in [2.24, 2.45) is 5.92 Å². The van der Waals surface area contributed by atoms with E-state index in [4.69, 9.17) is 0 Å². The molecule has 0 aromatic heterocycles. The van der Waals surface area contributed by atoms with Crippen molar-refractivity contribution in [1.82, 2.24) is 4.31 Å². The molecule has 59 heavy (non-hydrogen) atoms. The van der Waals surface area contributed by atoms with Gasteiger partial charge in [0.1, 0.15) is 0 Å². The van der Waals surface area contributed by atoms with Crippen molar-refractivity contribution in [1.29, 1.82) is 0 Å². The Hall–Kier alpha value is -2.26. The Morgan fingerprint density at radius 1 is 0.661 bits per heavy atom. The number of carbonyl (C=O) groups is 4. The number of carboxylic acids is 2. The number of aliphatic carboxylic acids is 1. The van der Waals surface area contributed by atoms with Crippen LogP contribution >= 0.6 is 0 Å². The van der Waals surface area contributed by atoms with Gasteiger partial charge in [-0.15, -0.1) is 0 Å². The standard InChI is InChI=1S/C44H48N4O8S.2K/c49-41(33-5-4-6-38(27-33)57(55,56)48(36-21-22-36)35-19-15-32(16-20-35)44(53)54)46-40-24-23-37(47-25-2-1-3-26-47)28-39(40)42(50)45-34-17-11-30(12-18-34)8-7-29-9-13-31(14-10-29)43(51)52;;/h4-6,9-14,17-18,23-24,27-28,32,35-36H,1-3,7-8,15-16,19-22,25-26H2,(H,45,50)(H,46,49)(H,51,52)(H,53,54);;/q;2*+1/p-2/t32-,35-;;. The molecular formula is C44H46K2N4O8S. The average Bonchev–Trinajstić information content (AvgIpc) is 4.06. The van der Waals surface area contributed by atoms with Crippen LogP contribution in [0.1, 0.15) is 100.0 Å². The van der Waals surface area contributed by atoms with Gasteiger partial charge in [-0.3, -0.25) is 9.59 Å². The number of sulfonamides is 1. The fourth-order valence-electron chi connectivity index (χ4n) is 7.93. The quantitative estimate of drug-likeness (QED) is 0.148. The number of benzene rings is 4. The van der Waals surface area contributed by atoms with Gasteiger partial charge in [-0.1, -0.05) is 42.5 Å². The summed E-state index contributed by atoms with van der Waals surface area (Å²) >= 11 is 0. The summed E-state index contributed by atoms with van der Waals surface area (Å²) in [4.78, 5) is 52.5. The molecule has 2 amide bonds. The van der Waals surface area contributed by atoms with E-state index in [9.17, 15) is 37.8 Å². The number of nitrogens with zero attached hydrogens (tertiary/aromatic N) is 2. The molecule has 4 aromatic carbocycles. The zero-order chi connectivity index (χ0) is 40.1. The summed E-state index contributed by atoms with van der Waals surface area (Å²) in [5.74, 6) is -3.88. The third kappa shape index (κ3) is 12.2. The summed E-state index contributed by atoms with van der Waals surface area (Å²) < 4.78 is 29.7. The van der Waals surface area contributed by atoms with Crippen LogP contribution in [0.4, 0.5) is 17.1 Å². The number of aryl methyl sites for hydroxylation is 2. The first-order valence-electron chi connectivity index (χ1n) is 19.7. The maximum atomic E-state index is 14.1. The largest absolute Gasteiger partial charge is 1.00 e. The summed E-state index contributed by atoms with van der Waals surface area (Å²) in [7, 11) is -4.00. The molecule has 15 heteroatoms. The van der Waals surface area contributed by atoms with E-state index < -0.39 is 39.7 Å². The minimum Gasteiger partial charge on any atom is -0.550 e. The number of nitrogens with one attached hydrogen (secondary N) is 2. The van der Waals surface area contributed by atoms with Crippen molar-refractivity contribution in [3.8, 4) is 0 Å². The zero-order valence-corrected chi connectivity index (χ0v) is 40.7. The van der Waals surface area contributed by atoms with Gasteiger partial charge in [0.15, 0.2) is 0 Å². The van der Waals surface area contributed by atoms with Crippen molar-refractivity contribution >= 4 is 50.8 Å². The average molecular weight is 869 g/mol. The molecule has 12 nitrogen and oxygen atoms in total. The van der Waals surface area contributed by atoms with E-state index in [0.717, 1.165) is 62.0 Å². The molecular weight excluding hydrogens is 823 g/mol. The Morgan fingerprint density at radius 3 is 1.83 bits per heavy atom. The van der Waals surface area contributed by atoms with E-state index in [1.807, 2.05) is 30.3 Å². The first kappa shape index (κ1) is 47.8. The number of anilines is 3. The number of amides is 2. The van der Waals surface area contributed by atoms with Gasteiger partial charge >= 0.3 is 103 Å². The molecule has 2 saturated carbocycles. The smallest absolute Gasteiger partial charge is 0.550 e. The summed E-state index contributed by atoms with van der Waals surface area (Å²) in [6.07, 6.45) is 7.67. The molecule has 3 aliphatic rings. The second-order valence-corrected chi connectivity index (χ2v) is 17.1. The second-order valence-electron chi connectivity index (χ2n) is 15.3. The third-order valence-corrected chi connectivity index (χ3v) is 13.3. The van der Waals surface area contributed by atoms with Crippen molar-refractivity contribution in [3.63, 3.8) is 0 Å². The van der Waals surface area contributed by atoms with Crippen LogP contribution in [0.2, 0.25) is 0 Å². The first-order valence-corrected chi connectivity index (χ1v) is 21.2. The predicted octanol–water partition coefficient (Wildman–Crippen LogP) is -1.20. The molecule has 4 aromatic rings. The Kier molecular flexibility index (Phi) is 17.6. The number of hydrogen-bond donors (Lipinski definition) is 2. The van der Waals surface area contributed by atoms with E-state index in [1.54, 1.807) is 24.3 Å². The van der Waals surface area contributed by atoms with Gasteiger partial charge in [-0.05, 0) is 142 Å². The number of carbonyl (C=O) groups excluding carboxylic acids is 4. The Bertz CT molecular complexity index is 2240. The molecule has 0 atom stereocenters. The van der Waals surface area contributed by atoms with Gasteiger partial charge in [0.05, 0.1) is 22.1 Å². The Balaban J connectivity index is 0.00000331. The van der Waals surface area contributed by atoms with Gasteiger partial charge < -0.3 is 35.3 Å². The summed E-state index contributed by atoms with van der Waals surface area (Å²) in [5.41, 5.74) is 4.23. The molecule has 1 heterocycles. The Labute approximate surface area is 430 Å². The van der Waals surface area contributed by atoms with E-state index in [2.05, 4.69) is 15.5 Å². The molecule has 0 unspecified atom stereocenters. The van der Waals surface area contributed by atoms with Gasteiger partial charge in [0, 0.05) is 48.1 Å². The van der Waals surface area contributed by atoms with Gasteiger partial charge in [0.25, 0.3) is 11.8 Å². The SMILES string of the molecule is O=C([O-])c1ccc(CCc2ccc(NC(=O)c3cc(N4CCCCC4)ccc3NC(=O)c3cccc(S(=O)(=O)N(C4CC4)[C@H]4CC[C@H](C(=O)[O-])CC4)c3)cc2)cc1.[K+].[K+]. The molecule has 3 fully saturated rings. The molecule has 7 rings (SSSR count).